The third kappa shape index (κ3) is 4.95. The number of hydrogen-bond donors (Lipinski definition) is 0. The molecule has 33 heavy (non-hydrogen) atoms. The maximum Gasteiger partial charge on any atom is 0.263 e. The van der Waals surface area contributed by atoms with Crippen LogP contribution in [0, 0.1) is 0 Å². The maximum absolute atomic E-state index is 13.0. The Kier molecular flexibility index (Phi) is 6.82. The fourth-order valence-corrected chi connectivity index (χ4v) is 4.43. The van der Waals surface area contributed by atoms with Gasteiger partial charge in [-0.1, -0.05) is 43.3 Å². The van der Waals surface area contributed by atoms with Crippen molar-refractivity contribution >= 4 is 11.8 Å². The van der Waals surface area contributed by atoms with E-state index in [1.54, 1.807) is 25.1 Å². The SMILES string of the molecule is CCC(Oc1ccc2c(c1)C(c1ccccc1)N(C(C)=O)CC2)C(=O)N(C)Cc1ccco1. The van der Waals surface area contributed by atoms with E-state index in [-0.39, 0.29) is 17.9 Å². The number of furan rings is 1. The second kappa shape index (κ2) is 9.94. The molecule has 6 heteroatoms. The zero-order valence-corrected chi connectivity index (χ0v) is 19.4. The van der Waals surface area contributed by atoms with Gasteiger partial charge in [0.1, 0.15) is 11.5 Å². The molecule has 2 unspecified atom stereocenters. The summed E-state index contributed by atoms with van der Waals surface area (Å²) in [6.45, 7) is 4.61. The van der Waals surface area contributed by atoms with E-state index in [2.05, 4.69) is 6.07 Å². The Labute approximate surface area is 194 Å². The van der Waals surface area contributed by atoms with Crippen LogP contribution in [0.25, 0.3) is 0 Å². The quantitative estimate of drug-likeness (QED) is 0.533. The van der Waals surface area contributed by atoms with Crippen LogP contribution >= 0.6 is 0 Å². The number of fused-ring (bicyclic) bond motifs is 1. The molecular formula is C27H30N2O4. The van der Waals surface area contributed by atoms with Crippen molar-refractivity contribution in [2.24, 2.45) is 0 Å². The van der Waals surface area contributed by atoms with Crippen LogP contribution in [-0.2, 0) is 22.6 Å². The van der Waals surface area contributed by atoms with Gasteiger partial charge in [0.25, 0.3) is 5.91 Å². The van der Waals surface area contributed by atoms with E-state index in [9.17, 15) is 9.59 Å². The first-order chi connectivity index (χ1) is 16.0. The predicted octanol–water partition coefficient (Wildman–Crippen LogP) is 4.59. The summed E-state index contributed by atoms with van der Waals surface area (Å²) < 4.78 is 11.6. The minimum atomic E-state index is -0.606. The van der Waals surface area contributed by atoms with Crippen molar-refractivity contribution in [3.05, 3.63) is 89.4 Å². The highest BCUT2D eigenvalue weighted by molar-refractivity contribution is 5.81. The Morgan fingerprint density at radius 3 is 2.61 bits per heavy atom. The Bertz CT molecular complexity index is 1090. The maximum atomic E-state index is 13.0. The van der Waals surface area contributed by atoms with Gasteiger partial charge in [0.05, 0.1) is 18.8 Å². The third-order valence-electron chi connectivity index (χ3n) is 6.14. The molecule has 2 heterocycles. The number of ether oxygens (including phenoxy) is 1. The van der Waals surface area contributed by atoms with Gasteiger partial charge in [0.2, 0.25) is 5.91 Å². The van der Waals surface area contributed by atoms with Gasteiger partial charge >= 0.3 is 0 Å². The zero-order valence-electron chi connectivity index (χ0n) is 19.4. The lowest BCUT2D eigenvalue weighted by Gasteiger charge is -2.37. The normalized spacial score (nSPS) is 16.1. The highest BCUT2D eigenvalue weighted by Gasteiger charge is 2.31. The van der Waals surface area contributed by atoms with Crippen molar-refractivity contribution in [1.29, 1.82) is 0 Å². The summed E-state index contributed by atoms with van der Waals surface area (Å²) in [7, 11) is 1.75. The van der Waals surface area contributed by atoms with Gasteiger partial charge in [-0.3, -0.25) is 9.59 Å². The summed E-state index contributed by atoms with van der Waals surface area (Å²) in [4.78, 5) is 29.0. The van der Waals surface area contributed by atoms with Crippen LogP contribution in [0.1, 0.15) is 48.8 Å². The molecule has 3 aromatic rings. The van der Waals surface area contributed by atoms with Crippen molar-refractivity contribution in [3.8, 4) is 5.75 Å². The molecule has 6 nitrogen and oxygen atoms in total. The number of rotatable bonds is 7. The van der Waals surface area contributed by atoms with E-state index in [1.165, 1.54) is 5.56 Å². The average Bonchev–Trinajstić information content (AvgIpc) is 3.34. The lowest BCUT2D eigenvalue weighted by atomic mass is 9.88. The topological polar surface area (TPSA) is 63.0 Å². The van der Waals surface area contributed by atoms with E-state index in [1.807, 2.05) is 66.4 Å². The molecule has 2 atom stereocenters. The second-order valence-electron chi connectivity index (χ2n) is 8.42. The van der Waals surface area contributed by atoms with E-state index >= 15 is 0 Å². The van der Waals surface area contributed by atoms with Crippen molar-refractivity contribution in [2.75, 3.05) is 13.6 Å². The molecule has 0 saturated heterocycles. The summed E-state index contributed by atoms with van der Waals surface area (Å²) in [5.41, 5.74) is 3.31. The minimum Gasteiger partial charge on any atom is -0.481 e. The van der Waals surface area contributed by atoms with Crippen molar-refractivity contribution in [1.82, 2.24) is 9.80 Å². The average molecular weight is 447 g/mol. The standard InChI is InChI=1S/C27H30N2O4/c1-4-25(27(31)28(3)18-23-11-8-16-32-23)33-22-13-12-20-14-15-29(19(2)30)26(24(20)17-22)21-9-6-5-7-10-21/h5-13,16-17,25-26H,4,14-15,18H2,1-3H3. The molecule has 0 radical (unpaired) electrons. The summed E-state index contributed by atoms with van der Waals surface area (Å²) in [5.74, 6) is 1.30. The van der Waals surface area contributed by atoms with Crippen LogP contribution in [0.5, 0.6) is 5.75 Å². The summed E-state index contributed by atoms with van der Waals surface area (Å²) in [5, 5.41) is 0. The van der Waals surface area contributed by atoms with Gasteiger partial charge < -0.3 is 19.0 Å². The summed E-state index contributed by atoms with van der Waals surface area (Å²) in [6.07, 6.45) is 2.33. The van der Waals surface area contributed by atoms with Gasteiger partial charge in [0, 0.05) is 20.5 Å². The van der Waals surface area contributed by atoms with Crippen LogP contribution in [-0.4, -0.2) is 41.3 Å². The number of carbonyl (C=O) groups is 2. The smallest absolute Gasteiger partial charge is 0.263 e. The Balaban J connectivity index is 1.59. The monoisotopic (exact) mass is 446 g/mol. The summed E-state index contributed by atoms with van der Waals surface area (Å²) in [6, 6.07) is 19.5. The van der Waals surface area contributed by atoms with Gasteiger partial charge in [-0.15, -0.1) is 0 Å². The number of amides is 2. The molecule has 1 aromatic heterocycles. The predicted molar refractivity (Wildman–Crippen MR) is 126 cm³/mol. The largest absolute Gasteiger partial charge is 0.481 e. The lowest BCUT2D eigenvalue weighted by Crippen LogP contribution is -2.40. The van der Waals surface area contributed by atoms with E-state index in [0.717, 1.165) is 23.3 Å². The van der Waals surface area contributed by atoms with Crippen molar-refractivity contribution in [3.63, 3.8) is 0 Å². The first kappa shape index (κ1) is 22.6. The van der Waals surface area contributed by atoms with E-state index < -0.39 is 6.10 Å². The molecule has 2 aromatic carbocycles. The Hall–Kier alpha value is -3.54. The van der Waals surface area contributed by atoms with Gasteiger partial charge in [-0.05, 0) is 53.8 Å². The van der Waals surface area contributed by atoms with Crippen molar-refractivity contribution in [2.45, 2.75) is 45.4 Å². The molecule has 0 aliphatic carbocycles. The Morgan fingerprint density at radius 2 is 1.94 bits per heavy atom. The van der Waals surface area contributed by atoms with Crippen LogP contribution in [0.2, 0.25) is 0 Å². The highest BCUT2D eigenvalue weighted by atomic mass is 16.5. The molecule has 4 rings (SSSR count). The number of likely N-dealkylation sites (N-methyl/N-ethyl adjacent to an activating group) is 1. The third-order valence-corrected chi connectivity index (χ3v) is 6.14. The number of benzene rings is 2. The molecule has 2 amide bonds. The lowest BCUT2D eigenvalue weighted by molar-refractivity contribution is -0.138. The summed E-state index contributed by atoms with van der Waals surface area (Å²) >= 11 is 0. The number of hydrogen-bond acceptors (Lipinski definition) is 4. The molecule has 0 spiro atoms. The van der Waals surface area contributed by atoms with Crippen LogP contribution in [0.3, 0.4) is 0 Å². The van der Waals surface area contributed by atoms with Crippen LogP contribution < -0.4 is 4.74 Å². The fourth-order valence-electron chi connectivity index (χ4n) is 4.43. The highest BCUT2D eigenvalue weighted by Crippen LogP contribution is 2.37. The van der Waals surface area contributed by atoms with Crippen LogP contribution in [0.15, 0.2) is 71.3 Å². The molecule has 0 saturated carbocycles. The first-order valence-corrected chi connectivity index (χ1v) is 11.4. The van der Waals surface area contributed by atoms with Crippen LogP contribution in [0.4, 0.5) is 0 Å². The second-order valence-corrected chi connectivity index (χ2v) is 8.42. The van der Waals surface area contributed by atoms with Crippen molar-refractivity contribution < 1.29 is 18.7 Å². The van der Waals surface area contributed by atoms with E-state index in [0.29, 0.717) is 25.3 Å². The van der Waals surface area contributed by atoms with Gasteiger partial charge in [0.15, 0.2) is 6.10 Å². The number of carbonyl (C=O) groups excluding carboxylic acids is 2. The number of nitrogens with zero attached hydrogens (tertiary/aromatic N) is 2. The minimum absolute atomic E-state index is 0.0435. The zero-order chi connectivity index (χ0) is 23.4. The molecule has 1 aliphatic rings. The molecular weight excluding hydrogens is 416 g/mol. The molecule has 172 valence electrons. The molecule has 0 N–H and O–H groups in total. The molecule has 1 aliphatic heterocycles. The van der Waals surface area contributed by atoms with E-state index in [4.69, 9.17) is 9.15 Å². The Morgan fingerprint density at radius 1 is 1.15 bits per heavy atom. The van der Waals surface area contributed by atoms with Gasteiger partial charge in [-0.25, -0.2) is 0 Å². The molecule has 0 fully saturated rings. The molecule has 0 bridgehead atoms. The fraction of sp³-hybridized carbons (Fsp3) is 0.333. The first-order valence-electron chi connectivity index (χ1n) is 11.4. The van der Waals surface area contributed by atoms with Gasteiger partial charge in [-0.2, -0.15) is 0 Å².